The predicted molar refractivity (Wildman–Crippen MR) is 193 cm³/mol. The van der Waals surface area contributed by atoms with Gasteiger partial charge in [0.15, 0.2) is 23.0 Å². The van der Waals surface area contributed by atoms with E-state index in [9.17, 15) is 49.5 Å². The molecular formula is C37H44N6O10. The fourth-order valence-electron chi connectivity index (χ4n) is 5.77. The number of hydrogen-bond donors (Lipinski definition) is 10. The van der Waals surface area contributed by atoms with Gasteiger partial charge in [0, 0.05) is 25.2 Å². The summed E-state index contributed by atoms with van der Waals surface area (Å²) in [6, 6.07) is 11.8. The zero-order valence-corrected chi connectivity index (χ0v) is 28.8. The van der Waals surface area contributed by atoms with Gasteiger partial charge in [0.1, 0.15) is 12.1 Å². The Labute approximate surface area is 305 Å². The Morgan fingerprint density at radius 1 is 0.679 bits per heavy atom. The molecule has 53 heavy (non-hydrogen) atoms. The Hall–Kier alpha value is -6.16. The first-order valence-corrected chi connectivity index (χ1v) is 17.2. The summed E-state index contributed by atoms with van der Waals surface area (Å²) in [5, 5.41) is 59.5. The lowest BCUT2D eigenvalue weighted by atomic mass is 9.93. The fraction of sp³-hybridized carbons (Fsp3) is 0.351. The molecule has 0 aromatic heterocycles. The topological polar surface area (TPSA) is 273 Å². The highest BCUT2D eigenvalue weighted by atomic mass is 16.4. The van der Waals surface area contributed by atoms with Gasteiger partial charge in [0.2, 0.25) is 11.8 Å². The number of carboxylic acids is 1. The molecule has 3 aromatic rings. The minimum atomic E-state index is -1.30. The van der Waals surface area contributed by atoms with E-state index in [0.29, 0.717) is 25.7 Å². The number of aliphatic carboxylic acids is 1. The van der Waals surface area contributed by atoms with Crippen molar-refractivity contribution < 1.29 is 49.5 Å². The van der Waals surface area contributed by atoms with Crippen LogP contribution in [0.3, 0.4) is 0 Å². The first kappa shape index (κ1) is 39.6. The van der Waals surface area contributed by atoms with Crippen LogP contribution in [0.2, 0.25) is 0 Å². The van der Waals surface area contributed by atoms with Crippen molar-refractivity contribution in [3.63, 3.8) is 0 Å². The summed E-state index contributed by atoms with van der Waals surface area (Å²) >= 11 is 0. The molecule has 282 valence electrons. The number of carboxylic acid groups (broad SMARTS) is 1. The molecule has 0 radical (unpaired) electrons. The van der Waals surface area contributed by atoms with E-state index in [4.69, 9.17) is 5.73 Å². The molecule has 4 rings (SSSR count). The van der Waals surface area contributed by atoms with Gasteiger partial charge in [-0.1, -0.05) is 30.3 Å². The third-order valence-electron chi connectivity index (χ3n) is 8.76. The molecule has 16 heteroatoms. The van der Waals surface area contributed by atoms with Crippen molar-refractivity contribution in [2.75, 3.05) is 13.1 Å². The van der Waals surface area contributed by atoms with Gasteiger partial charge in [-0.15, -0.1) is 0 Å². The Bertz CT molecular complexity index is 1830. The second kappa shape index (κ2) is 18.9. The van der Waals surface area contributed by atoms with Crippen molar-refractivity contribution >= 4 is 41.5 Å². The summed E-state index contributed by atoms with van der Waals surface area (Å²) in [4.78, 5) is 68.1. The highest BCUT2D eigenvalue weighted by molar-refractivity contribution is 5.98. The molecule has 3 aromatic carbocycles. The summed E-state index contributed by atoms with van der Waals surface area (Å²) in [6.45, 7) is 0.330. The second-order valence-electron chi connectivity index (χ2n) is 12.6. The van der Waals surface area contributed by atoms with E-state index in [1.807, 2.05) is 24.3 Å². The molecule has 0 saturated heterocycles. The van der Waals surface area contributed by atoms with Gasteiger partial charge in [-0.05, 0) is 80.8 Å². The number of para-hydroxylation sites is 3. The minimum Gasteiger partial charge on any atom is -0.504 e. The zero-order valence-electron chi connectivity index (χ0n) is 28.8. The number of aliphatic imine (C=N–C) groups is 1. The Morgan fingerprint density at radius 3 is 1.81 bits per heavy atom. The van der Waals surface area contributed by atoms with Gasteiger partial charge in [-0.25, -0.2) is 4.79 Å². The number of fused-ring (bicyclic) bond motifs is 1. The standard InChI is InChI=1S/C37H44N6O10/c38-25(12-3-5-17-39-33(48)23-10-7-15-29(44)31(23)46)35(50)42-27(14-4-6-18-40-34(49)24-11-8-16-30(45)32(24)47)36(51)43-28(37(52)53)19-21-20-41-26-13-2-1-9-22(21)26/h1-2,7-11,13,15-16,20-21,25,27-28,44-47H,3-6,12,14,17-19,38H2,(H,39,48)(H,40,49)(H,42,50)(H,43,51)(H,52,53)/t21-,25+,27+,28-/m1/s1. The monoisotopic (exact) mass is 732 g/mol. The maximum atomic E-state index is 13.5. The number of hydrogen-bond acceptors (Lipinski definition) is 11. The van der Waals surface area contributed by atoms with Crippen molar-refractivity contribution in [3.05, 3.63) is 77.4 Å². The van der Waals surface area contributed by atoms with Gasteiger partial charge in [0.05, 0.1) is 22.9 Å². The smallest absolute Gasteiger partial charge is 0.326 e. The van der Waals surface area contributed by atoms with Gasteiger partial charge in [0.25, 0.3) is 11.8 Å². The van der Waals surface area contributed by atoms with E-state index in [0.717, 1.165) is 11.3 Å². The number of nitrogens with one attached hydrogen (secondary N) is 4. The quantitative estimate of drug-likeness (QED) is 0.0631. The molecule has 0 aliphatic carbocycles. The van der Waals surface area contributed by atoms with Crippen molar-refractivity contribution in [3.8, 4) is 23.0 Å². The lowest BCUT2D eigenvalue weighted by Gasteiger charge is -2.24. The molecule has 11 N–H and O–H groups in total. The number of phenols is 4. The number of aromatic hydroxyl groups is 4. The van der Waals surface area contributed by atoms with Crippen LogP contribution in [-0.2, 0) is 14.4 Å². The number of amides is 4. The molecule has 1 aliphatic rings. The van der Waals surface area contributed by atoms with Crippen molar-refractivity contribution in [2.45, 2.75) is 69.0 Å². The number of rotatable bonds is 19. The molecule has 0 bridgehead atoms. The van der Waals surface area contributed by atoms with Crippen LogP contribution < -0.4 is 27.0 Å². The first-order valence-electron chi connectivity index (χ1n) is 17.2. The number of benzene rings is 3. The first-order chi connectivity index (χ1) is 25.4. The molecule has 0 unspecified atom stereocenters. The summed E-state index contributed by atoms with van der Waals surface area (Å²) in [7, 11) is 0. The highest BCUT2D eigenvalue weighted by Gasteiger charge is 2.31. The van der Waals surface area contributed by atoms with Crippen LogP contribution in [0.5, 0.6) is 23.0 Å². The number of unbranched alkanes of at least 4 members (excludes halogenated alkanes) is 2. The average molecular weight is 733 g/mol. The van der Waals surface area contributed by atoms with Crippen molar-refractivity contribution in [1.82, 2.24) is 21.3 Å². The SMILES string of the molecule is N[C@@H](CCCCNC(=O)c1cccc(O)c1O)C(=O)N[C@@H](CCCCNC(=O)c1cccc(O)c1O)C(=O)N[C@H](C[C@@H]1C=Nc2ccccc21)C(=O)O. The van der Waals surface area contributed by atoms with Crippen LogP contribution in [0.25, 0.3) is 0 Å². The normalized spacial score (nSPS) is 14.7. The van der Waals surface area contributed by atoms with Crippen LogP contribution in [0.15, 0.2) is 65.7 Å². The van der Waals surface area contributed by atoms with Crippen molar-refractivity contribution in [2.24, 2.45) is 10.7 Å². The van der Waals surface area contributed by atoms with E-state index < -0.39 is 70.7 Å². The second-order valence-corrected chi connectivity index (χ2v) is 12.6. The molecular weight excluding hydrogens is 688 g/mol. The molecule has 0 fully saturated rings. The number of nitrogens with two attached hydrogens (primary N) is 1. The van der Waals surface area contributed by atoms with E-state index in [2.05, 4.69) is 26.3 Å². The minimum absolute atomic E-state index is 0.0251. The van der Waals surface area contributed by atoms with Crippen LogP contribution in [-0.4, -0.2) is 92.6 Å². The van der Waals surface area contributed by atoms with Gasteiger partial charge in [-0.2, -0.15) is 0 Å². The maximum Gasteiger partial charge on any atom is 0.326 e. The number of phenolic OH excluding ortho intramolecular Hbond substituents is 4. The average Bonchev–Trinajstić information content (AvgIpc) is 3.54. The summed E-state index contributed by atoms with van der Waals surface area (Å²) in [5.41, 5.74) is 7.49. The summed E-state index contributed by atoms with van der Waals surface area (Å²) < 4.78 is 0. The Kier molecular flexibility index (Phi) is 14.1. The summed E-state index contributed by atoms with van der Waals surface area (Å²) in [5.74, 6) is -6.15. The van der Waals surface area contributed by atoms with E-state index >= 15 is 0 Å². The van der Waals surface area contributed by atoms with Crippen LogP contribution in [0, 0.1) is 0 Å². The molecule has 1 aliphatic heterocycles. The number of carbonyl (C=O) groups is 5. The maximum absolute atomic E-state index is 13.5. The zero-order chi connectivity index (χ0) is 38.5. The van der Waals surface area contributed by atoms with Crippen molar-refractivity contribution in [1.29, 1.82) is 0 Å². The predicted octanol–water partition coefficient (Wildman–Crippen LogP) is 2.28. The molecule has 0 spiro atoms. The van der Waals surface area contributed by atoms with Crippen LogP contribution >= 0.6 is 0 Å². The fourth-order valence-corrected chi connectivity index (χ4v) is 5.77. The molecule has 4 amide bonds. The molecule has 4 atom stereocenters. The molecule has 1 heterocycles. The van der Waals surface area contributed by atoms with Gasteiger partial charge in [-0.3, -0.25) is 24.2 Å². The number of carbonyl (C=O) groups excluding carboxylic acids is 4. The number of nitrogens with zero attached hydrogens (tertiary/aromatic N) is 1. The van der Waals surface area contributed by atoms with E-state index in [-0.39, 0.29) is 49.4 Å². The van der Waals surface area contributed by atoms with E-state index in [1.54, 1.807) is 6.21 Å². The Morgan fingerprint density at radius 2 is 1.23 bits per heavy atom. The summed E-state index contributed by atoms with van der Waals surface area (Å²) in [6.07, 6.45) is 3.43. The van der Waals surface area contributed by atoms with Crippen LogP contribution in [0.4, 0.5) is 5.69 Å². The molecule has 16 nitrogen and oxygen atoms in total. The highest BCUT2D eigenvalue weighted by Crippen LogP contribution is 2.34. The molecule has 0 saturated carbocycles. The van der Waals surface area contributed by atoms with Crippen LogP contribution in [0.1, 0.15) is 77.1 Å². The third-order valence-corrected chi connectivity index (χ3v) is 8.76. The van der Waals surface area contributed by atoms with Gasteiger partial charge < -0.3 is 52.5 Å². The van der Waals surface area contributed by atoms with Gasteiger partial charge >= 0.3 is 5.97 Å². The third kappa shape index (κ3) is 10.9. The Balaban J connectivity index is 1.31. The lowest BCUT2D eigenvalue weighted by Crippen LogP contribution is -2.54. The van der Waals surface area contributed by atoms with E-state index in [1.165, 1.54) is 36.4 Å². The largest absolute Gasteiger partial charge is 0.504 e. The lowest BCUT2D eigenvalue weighted by molar-refractivity contribution is -0.142.